The molecule has 1 N–H and O–H groups in total. The fraction of sp³-hybridized carbons (Fsp3) is 0.571. The quantitative estimate of drug-likeness (QED) is 0.906. The standard InChI is InChI=1S/C14H20N2O3S/c1-19-12-2-4-13(5-3-12)20(17,18)16-10-14(11-16)6-8-15-9-7-14/h2-5,15H,6-11H2,1H3. The van der Waals surface area contributed by atoms with Gasteiger partial charge in [0.25, 0.3) is 0 Å². The van der Waals surface area contributed by atoms with E-state index in [-0.39, 0.29) is 5.41 Å². The van der Waals surface area contributed by atoms with Crippen molar-refractivity contribution in [2.75, 3.05) is 33.3 Å². The molecule has 0 saturated carbocycles. The van der Waals surface area contributed by atoms with Crippen LogP contribution in [0.15, 0.2) is 29.2 Å². The van der Waals surface area contributed by atoms with E-state index in [0.29, 0.717) is 23.7 Å². The third-order valence-electron chi connectivity index (χ3n) is 4.38. The Balaban J connectivity index is 1.73. The fourth-order valence-corrected chi connectivity index (χ4v) is 4.71. The maximum absolute atomic E-state index is 12.5. The molecule has 6 heteroatoms. The van der Waals surface area contributed by atoms with E-state index < -0.39 is 10.0 Å². The Morgan fingerprint density at radius 2 is 1.75 bits per heavy atom. The number of benzene rings is 1. The smallest absolute Gasteiger partial charge is 0.243 e. The van der Waals surface area contributed by atoms with Crippen LogP contribution in [-0.4, -0.2) is 46.0 Å². The van der Waals surface area contributed by atoms with Crippen LogP contribution in [0.2, 0.25) is 0 Å². The van der Waals surface area contributed by atoms with Crippen molar-refractivity contribution in [1.29, 1.82) is 0 Å². The largest absolute Gasteiger partial charge is 0.497 e. The molecule has 1 aromatic carbocycles. The van der Waals surface area contributed by atoms with E-state index in [1.54, 1.807) is 35.7 Å². The molecular weight excluding hydrogens is 276 g/mol. The Morgan fingerprint density at radius 3 is 2.30 bits per heavy atom. The second-order valence-corrected chi connectivity index (χ2v) is 7.64. The van der Waals surface area contributed by atoms with Gasteiger partial charge in [-0.2, -0.15) is 4.31 Å². The van der Waals surface area contributed by atoms with Crippen molar-refractivity contribution in [3.05, 3.63) is 24.3 Å². The second-order valence-electron chi connectivity index (χ2n) is 5.70. The summed E-state index contributed by atoms with van der Waals surface area (Å²) in [5.41, 5.74) is 0.213. The van der Waals surface area contributed by atoms with Crippen molar-refractivity contribution in [1.82, 2.24) is 9.62 Å². The molecule has 1 spiro atoms. The molecule has 0 atom stereocenters. The molecule has 2 fully saturated rings. The van der Waals surface area contributed by atoms with E-state index in [1.807, 2.05) is 0 Å². The number of hydrogen-bond acceptors (Lipinski definition) is 4. The van der Waals surface area contributed by atoms with Gasteiger partial charge in [0.2, 0.25) is 10.0 Å². The summed E-state index contributed by atoms with van der Waals surface area (Å²) in [6.07, 6.45) is 2.14. The lowest BCUT2D eigenvalue weighted by Crippen LogP contribution is -2.61. The maximum atomic E-state index is 12.5. The van der Waals surface area contributed by atoms with Crippen LogP contribution in [0.3, 0.4) is 0 Å². The van der Waals surface area contributed by atoms with E-state index in [9.17, 15) is 8.42 Å². The average molecular weight is 296 g/mol. The van der Waals surface area contributed by atoms with Crippen molar-refractivity contribution >= 4 is 10.0 Å². The summed E-state index contributed by atoms with van der Waals surface area (Å²) >= 11 is 0. The zero-order valence-corrected chi connectivity index (χ0v) is 12.4. The van der Waals surface area contributed by atoms with Gasteiger partial charge in [0, 0.05) is 18.5 Å². The first kappa shape index (κ1) is 13.9. The van der Waals surface area contributed by atoms with Crippen molar-refractivity contribution in [2.45, 2.75) is 17.7 Å². The molecule has 0 bridgehead atoms. The molecule has 2 aliphatic heterocycles. The Hall–Kier alpha value is -1.11. The van der Waals surface area contributed by atoms with Crippen LogP contribution in [0.4, 0.5) is 0 Å². The van der Waals surface area contributed by atoms with Crippen LogP contribution in [0, 0.1) is 5.41 Å². The van der Waals surface area contributed by atoms with Crippen LogP contribution in [-0.2, 0) is 10.0 Å². The van der Waals surface area contributed by atoms with Crippen LogP contribution < -0.4 is 10.1 Å². The highest BCUT2D eigenvalue weighted by atomic mass is 32.2. The third kappa shape index (κ3) is 2.32. The Bertz CT molecular complexity index is 569. The molecule has 5 nitrogen and oxygen atoms in total. The van der Waals surface area contributed by atoms with E-state index >= 15 is 0 Å². The number of sulfonamides is 1. The normalized spacial score (nSPS) is 22.4. The summed E-state index contributed by atoms with van der Waals surface area (Å²) in [7, 11) is -1.78. The first-order valence-electron chi connectivity index (χ1n) is 6.91. The summed E-state index contributed by atoms with van der Waals surface area (Å²) in [5, 5.41) is 3.32. The lowest BCUT2D eigenvalue weighted by atomic mass is 9.74. The molecule has 2 saturated heterocycles. The monoisotopic (exact) mass is 296 g/mol. The number of methoxy groups -OCH3 is 1. The zero-order chi connectivity index (χ0) is 14.2. The minimum Gasteiger partial charge on any atom is -0.497 e. The van der Waals surface area contributed by atoms with Crippen LogP contribution in [0.5, 0.6) is 5.75 Å². The van der Waals surface area contributed by atoms with Crippen molar-refractivity contribution in [3.63, 3.8) is 0 Å². The van der Waals surface area contributed by atoms with Gasteiger partial charge in [-0.25, -0.2) is 8.42 Å². The highest BCUT2D eigenvalue weighted by Crippen LogP contribution is 2.41. The van der Waals surface area contributed by atoms with E-state index in [1.165, 1.54) is 0 Å². The van der Waals surface area contributed by atoms with E-state index in [2.05, 4.69) is 5.32 Å². The highest BCUT2D eigenvalue weighted by Gasteiger charge is 2.48. The average Bonchev–Trinajstić information content (AvgIpc) is 2.45. The molecular formula is C14H20N2O3S. The van der Waals surface area contributed by atoms with Gasteiger partial charge in [0.15, 0.2) is 0 Å². The second kappa shape index (κ2) is 5.02. The number of nitrogens with zero attached hydrogens (tertiary/aromatic N) is 1. The topological polar surface area (TPSA) is 58.6 Å². The van der Waals surface area contributed by atoms with Gasteiger partial charge >= 0.3 is 0 Å². The van der Waals surface area contributed by atoms with Gasteiger partial charge in [0.1, 0.15) is 5.75 Å². The van der Waals surface area contributed by atoms with E-state index in [4.69, 9.17) is 4.74 Å². The minimum absolute atomic E-state index is 0.213. The van der Waals surface area contributed by atoms with Crippen LogP contribution in [0.25, 0.3) is 0 Å². The first-order valence-corrected chi connectivity index (χ1v) is 8.35. The number of piperidine rings is 1. The molecule has 0 unspecified atom stereocenters. The summed E-state index contributed by atoms with van der Waals surface area (Å²) in [6.45, 7) is 3.30. The molecule has 0 amide bonds. The van der Waals surface area contributed by atoms with Gasteiger partial charge in [0.05, 0.1) is 12.0 Å². The van der Waals surface area contributed by atoms with Crippen molar-refractivity contribution in [2.24, 2.45) is 5.41 Å². The molecule has 110 valence electrons. The third-order valence-corrected chi connectivity index (χ3v) is 6.19. The molecule has 0 aromatic heterocycles. The van der Waals surface area contributed by atoms with Gasteiger partial charge < -0.3 is 10.1 Å². The van der Waals surface area contributed by atoms with E-state index in [0.717, 1.165) is 25.9 Å². The molecule has 0 radical (unpaired) electrons. The first-order chi connectivity index (χ1) is 9.56. The predicted molar refractivity (Wildman–Crippen MR) is 76.3 cm³/mol. The lowest BCUT2D eigenvalue weighted by molar-refractivity contribution is 0.0373. The molecule has 20 heavy (non-hydrogen) atoms. The summed E-state index contributed by atoms with van der Waals surface area (Å²) in [5.74, 6) is 0.669. The predicted octanol–water partition coefficient (Wildman–Crippen LogP) is 1.07. The van der Waals surface area contributed by atoms with Crippen molar-refractivity contribution in [3.8, 4) is 5.75 Å². The Labute approximate surface area is 120 Å². The van der Waals surface area contributed by atoms with Gasteiger partial charge in [-0.15, -0.1) is 0 Å². The number of nitrogens with one attached hydrogen (secondary N) is 1. The number of rotatable bonds is 3. The SMILES string of the molecule is COc1ccc(S(=O)(=O)N2CC3(CCNCC3)C2)cc1. The van der Waals surface area contributed by atoms with Gasteiger partial charge in [-0.1, -0.05) is 0 Å². The number of hydrogen-bond donors (Lipinski definition) is 1. The molecule has 0 aliphatic carbocycles. The highest BCUT2D eigenvalue weighted by molar-refractivity contribution is 7.89. The maximum Gasteiger partial charge on any atom is 0.243 e. The van der Waals surface area contributed by atoms with Gasteiger partial charge in [-0.05, 0) is 50.2 Å². The Kier molecular flexibility index (Phi) is 3.48. The van der Waals surface area contributed by atoms with Crippen LogP contribution >= 0.6 is 0 Å². The van der Waals surface area contributed by atoms with Crippen molar-refractivity contribution < 1.29 is 13.2 Å². The number of ether oxygens (including phenoxy) is 1. The van der Waals surface area contributed by atoms with Gasteiger partial charge in [-0.3, -0.25) is 0 Å². The molecule has 2 aliphatic rings. The zero-order valence-electron chi connectivity index (χ0n) is 11.6. The lowest BCUT2D eigenvalue weighted by Gasteiger charge is -2.51. The van der Waals surface area contributed by atoms with Crippen LogP contribution in [0.1, 0.15) is 12.8 Å². The molecule has 1 aromatic rings. The molecule has 3 rings (SSSR count). The summed E-state index contributed by atoms with van der Waals surface area (Å²) in [4.78, 5) is 0.349. The minimum atomic E-state index is -3.35. The Morgan fingerprint density at radius 1 is 1.15 bits per heavy atom. The summed E-state index contributed by atoms with van der Waals surface area (Å²) in [6, 6.07) is 6.60. The fourth-order valence-electron chi connectivity index (χ4n) is 3.04. The molecule has 2 heterocycles. The summed E-state index contributed by atoms with van der Waals surface area (Å²) < 4.78 is 31.7.